The number of rotatable bonds is 20. The number of terminal acetylenes is 1. The summed E-state index contributed by atoms with van der Waals surface area (Å²) in [5.74, 6) is 2.56. The van der Waals surface area contributed by atoms with Crippen LogP contribution in [0.5, 0.6) is 0 Å². The molecule has 7 aromatic carbocycles. The van der Waals surface area contributed by atoms with Gasteiger partial charge in [0.25, 0.3) is 20.0 Å². The molecule has 0 aliphatic heterocycles. The van der Waals surface area contributed by atoms with E-state index in [0.717, 1.165) is 73.0 Å². The Hall–Kier alpha value is -12.3. The van der Waals surface area contributed by atoms with Crippen LogP contribution in [0.1, 0.15) is 86.1 Å². The van der Waals surface area contributed by atoms with Crippen LogP contribution in [0.4, 0.5) is 5.82 Å². The molecule has 17 aromatic rings. The summed E-state index contributed by atoms with van der Waals surface area (Å²) in [6, 6.07) is 51.6. The second-order valence-corrected chi connectivity index (χ2v) is 50.1. The lowest BCUT2D eigenvalue weighted by molar-refractivity contribution is 0.586. The second kappa shape index (κ2) is 39.9. The minimum Gasteiger partial charge on any atom is -0.381 e. The third-order valence-corrected chi connectivity index (χ3v) is 36.8. The normalized spacial score (nSPS) is 12.2. The smallest absolute Gasteiger partial charge is 0.269 e. The fourth-order valence-corrected chi connectivity index (χ4v) is 22.3. The second-order valence-electron chi connectivity index (χ2n) is 31.6. The largest absolute Gasteiger partial charge is 0.381 e. The van der Waals surface area contributed by atoms with E-state index in [4.69, 9.17) is 17.1 Å². The molecular weight excluding hydrogens is 2060 g/mol. The third kappa shape index (κ3) is 21.2. The van der Waals surface area contributed by atoms with Crippen LogP contribution in [0.2, 0.25) is 0 Å². The standard InChI is InChI=1S/C27H24N4O4S2.C22H20IN3O4S2.C15H14IN3O2S.2C15H15N3O2S/c1-18(2)36(32,33)22-12-8-20(9-13-22)25-16-29-27-26(30-25)24(21-5-4-14-28-15-21)17-31(27)37(34,35)23-10-6-19(3)7-11-23;1-14(2)31(27,28)17-10-6-16(7-11-17)20-12-24-22-21(25-20)19(23)13-26(22)32(29,30)18-8-4-15(3)5-9-18;1-9(2)22(20,21)11-5-3-10(4-6-11)13-8-18-15-14(19-13)12(16)7-17-15;1-10(2)21(19,20)12-5-3-11(4-6-12)14-9-17-15-13(18-14)7-8-16-15;1-4-13-15(16)17-9-14(18-13)11-5-7-12(8-6-11)21(19,20)10(2)3/h4-18H,1-3H3;4-14H,1-3H3;3-9H,1-2H3,(H,17,18);3-10H,1-2H3,(H,16,17);1,5-10H,2-3H3,(H2,16,17). The van der Waals surface area contributed by atoms with Gasteiger partial charge in [0.05, 0.1) is 127 Å². The van der Waals surface area contributed by atoms with Crippen molar-refractivity contribution >= 4 is 165 Å². The summed E-state index contributed by atoms with van der Waals surface area (Å²) < 4.78 is 180. The van der Waals surface area contributed by atoms with Crippen molar-refractivity contribution in [3.05, 3.63) is 280 Å². The van der Waals surface area contributed by atoms with Gasteiger partial charge < -0.3 is 15.7 Å². The number of halogens is 2. The summed E-state index contributed by atoms with van der Waals surface area (Å²) in [4.78, 5) is 56.1. The molecule has 4 N–H and O–H groups in total. The van der Waals surface area contributed by atoms with E-state index in [9.17, 15) is 58.9 Å². The van der Waals surface area contributed by atoms with E-state index in [2.05, 4.69) is 88.3 Å². The van der Waals surface area contributed by atoms with Gasteiger partial charge in [-0.2, -0.15) is 0 Å². The van der Waals surface area contributed by atoms with E-state index in [0.29, 0.717) is 63.7 Å². The third-order valence-electron chi connectivity index (χ3n) is 21.0. The lowest BCUT2D eigenvalue weighted by Gasteiger charge is -2.09. The molecule has 0 unspecified atom stereocenters. The average molecular weight is 2140 g/mol. The quantitative estimate of drug-likeness (QED) is 0.0471. The molecule has 10 heterocycles. The minimum absolute atomic E-state index is 0.139. The summed E-state index contributed by atoms with van der Waals surface area (Å²) >= 11 is 4.23. The van der Waals surface area contributed by atoms with Gasteiger partial charge in [0.15, 0.2) is 83.3 Å². The Bertz CT molecular complexity index is 8140. The number of aryl methyl sites for hydroxylation is 2. The number of sulfone groups is 5. The molecule has 0 bridgehead atoms. The van der Waals surface area contributed by atoms with E-state index in [1.54, 1.807) is 276 Å². The predicted molar refractivity (Wildman–Crippen MR) is 532 cm³/mol. The first kappa shape index (κ1) is 98.2. The van der Waals surface area contributed by atoms with Crippen LogP contribution in [0.3, 0.4) is 0 Å². The number of H-pyrrole nitrogens is 2. The molecule has 0 aliphatic carbocycles. The topological polar surface area (TPSA) is 448 Å². The predicted octanol–water partition coefficient (Wildman–Crippen LogP) is 17.4. The Balaban J connectivity index is 0.000000144. The molecule has 30 nitrogen and oxygen atoms in total. The lowest BCUT2D eigenvalue weighted by atomic mass is 10.1. The van der Waals surface area contributed by atoms with Crippen molar-refractivity contribution in [2.75, 3.05) is 5.73 Å². The summed E-state index contributed by atoms with van der Waals surface area (Å²) in [5, 5.41) is -2.38. The van der Waals surface area contributed by atoms with E-state index in [-0.39, 0.29) is 47.3 Å². The number of nitrogens with one attached hydrogen (secondary N) is 2. The maximum absolute atomic E-state index is 13.6. The van der Waals surface area contributed by atoms with Crippen LogP contribution in [-0.2, 0) is 69.2 Å². The zero-order chi connectivity index (χ0) is 96.2. The summed E-state index contributed by atoms with van der Waals surface area (Å²) in [7, 11) is -24.3. The first-order valence-electron chi connectivity index (χ1n) is 40.9. The monoisotopic (exact) mass is 2140 g/mol. The maximum Gasteiger partial charge on any atom is 0.269 e. The van der Waals surface area contributed by atoms with E-state index in [1.807, 2.05) is 54.8 Å². The molecule has 17 rings (SSSR count). The molecule has 0 aliphatic rings. The molecule has 0 radical (unpaired) electrons. The number of nitrogen functional groups attached to an aromatic ring is 1. The van der Waals surface area contributed by atoms with Crippen LogP contribution >= 0.6 is 45.2 Å². The van der Waals surface area contributed by atoms with E-state index >= 15 is 0 Å². The number of anilines is 1. The van der Waals surface area contributed by atoms with Crippen molar-refractivity contribution in [2.24, 2.45) is 0 Å². The summed E-state index contributed by atoms with van der Waals surface area (Å²) in [6.07, 6.45) is 23.1. The summed E-state index contributed by atoms with van der Waals surface area (Å²) in [5.41, 5.74) is 20.1. The number of fused-ring (bicyclic) bond motifs is 4. The van der Waals surface area contributed by atoms with Gasteiger partial charge in [-0.15, -0.1) is 6.42 Å². The molecule has 39 heteroatoms. The molecule has 0 saturated carbocycles. The number of benzene rings is 7. The molecule has 0 fully saturated rings. The highest BCUT2D eigenvalue weighted by Crippen LogP contribution is 2.36. The number of aromatic nitrogens is 15. The highest BCUT2D eigenvalue weighted by molar-refractivity contribution is 14.1. The van der Waals surface area contributed by atoms with Gasteiger partial charge in [-0.05, 0) is 231 Å². The van der Waals surface area contributed by atoms with Crippen molar-refractivity contribution in [3.8, 4) is 79.8 Å². The number of aromatic amines is 2. The number of hydrogen-bond donors (Lipinski definition) is 3. The molecule has 684 valence electrons. The molecule has 0 atom stereocenters. The molecule has 0 spiro atoms. The van der Waals surface area contributed by atoms with Gasteiger partial charge in [-0.1, -0.05) is 102 Å². The molecule has 10 aromatic heterocycles. The minimum atomic E-state index is -3.95. The molecule has 0 amide bonds. The van der Waals surface area contributed by atoms with Crippen molar-refractivity contribution in [1.29, 1.82) is 0 Å². The first-order valence-corrected chi connectivity index (χ1v) is 53.7. The van der Waals surface area contributed by atoms with Gasteiger partial charge >= 0.3 is 0 Å². The van der Waals surface area contributed by atoms with Crippen LogP contribution in [0.25, 0.3) is 112 Å². The van der Waals surface area contributed by atoms with Crippen molar-refractivity contribution in [2.45, 2.75) is 144 Å². The van der Waals surface area contributed by atoms with Gasteiger partial charge in [0.1, 0.15) is 22.1 Å². The van der Waals surface area contributed by atoms with Gasteiger partial charge in [-0.25, -0.2) is 117 Å². The Morgan fingerprint density at radius 1 is 0.353 bits per heavy atom. The van der Waals surface area contributed by atoms with Crippen LogP contribution in [0.15, 0.2) is 290 Å². The zero-order valence-corrected chi connectivity index (χ0v) is 83.5. The Morgan fingerprint density at radius 2 is 0.692 bits per heavy atom. The average Bonchev–Trinajstić information content (AvgIpc) is 1.60. The number of nitrogens with two attached hydrogens (primary N) is 1. The van der Waals surface area contributed by atoms with Crippen LogP contribution < -0.4 is 5.73 Å². The Kier molecular flexibility index (Phi) is 29.4. The van der Waals surface area contributed by atoms with Gasteiger partial charge in [0.2, 0.25) is 0 Å². The highest BCUT2D eigenvalue weighted by atomic mass is 127. The fourth-order valence-electron chi connectivity index (χ4n) is 13.0. The van der Waals surface area contributed by atoms with Crippen molar-refractivity contribution in [1.82, 2.24) is 72.7 Å². The first-order chi connectivity index (χ1) is 62.8. The number of nitrogens with zero attached hydrogens (tertiary/aromatic N) is 13. The van der Waals surface area contributed by atoms with Crippen molar-refractivity contribution in [3.63, 3.8) is 0 Å². The zero-order valence-electron chi connectivity index (χ0n) is 73.4. The maximum atomic E-state index is 13.6. The number of hydrogen-bond acceptors (Lipinski definition) is 26. The lowest BCUT2D eigenvalue weighted by Crippen LogP contribution is -2.13. The molecule has 0 saturated heterocycles. The number of pyridine rings is 1. The van der Waals surface area contributed by atoms with Crippen molar-refractivity contribution < 1.29 is 58.9 Å². The van der Waals surface area contributed by atoms with E-state index in [1.165, 1.54) is 31.0 Å². The molecular formula is C94H88I2N16O14S7. The van der Waals surface area contributed by atoms with Crippen LogP contribution in [-0.4, -0.2) is 158 Å². The Labute approximate surface area is 798 Å². The highest BCUT2D eigenvalue weighted by Gasteiger charge is 2.29. The Morgan fingerprint density at radius 3 is 1.08 bits per heavy atom. The fraction of sp³-hybridized carbons (Fsp3) is 0.181. The summed E-state index contributed by atoms with van der Waals surface area (Å²) in [6.45, 7) is 20.3. The van der Waals surface area contributed by atoms with E-state index < -0.39 is 95.5 Å². The van der Waals surface area contributed by atoms with Gasteiger partial charge in [0, 0.05) is 76.1 Å². The SMILES string of the molecule is C#Cc1nc(-c2ccc(S(=O)(=O)C(C)C)cc2)cnc1N.CC(C)S(=O)(=O)c1ccc(-c2cnc3[nH]cc(I)c3n2)cc1.CC(C)S(=O)(=O)c1ccc(-c2cnc3[nH]ccc3n2)cc1.Cc1ccc(S(=O)(=O)n2cc(-c3cccnc3)c3nc(-c4ccc(S(=O)(=O)C(C)C)cc4)cnc32)cc1.Cc1ccc(S(=O)(=O)n2cc(I)c3nc(-c4ccc(S(=O)(=O)C(C)C)cc4)cnc32)cc1. The molecule has 133 heavy (non-hydrogen) atoms. The van der Waals surface area contributed by atoms with Crippen LogP contribution in [0, 0.1) is 33.3 Å². The van der Waals surface area contributed by atoms with Gasteiger partial charge in [-0.3, -0.25) is 4.98 Å².